The Kier molecular flexibility index (Phi) is 10.4. The number of aliphatic hydroxyl groups excluding tert-OH is 1. The van der Waals surface area contributed by atoms with Gasteiger partial charge in [-0.15, -0.1) is 0 Å². The van der Waals surface area contributed by atoms with Gasteiger partial charge in [-0.05, 0) is 131 Å². The lowest BCUT2D eigenvalue weighted by Gasteiger charge is -2.62. The summed E-state index contributed by atoms with van der Waals surface area (Å²) in [6.07, 6.45) is 10.2. The maximum absolute atomic E-state index is 12.5. The zero-order valence-corrected chi connectivity index (χ0v) is 26.5. The van der Waals surface area contributed by atoms with E-state index in [0.29, 0.717) is 48.5 Å². The van der Waals surface area contributed by atoms with Crippen LogP contribution in [0.5, 0.6) is 0 Å². The highest BCUT2D eigenvalue weighted by Gasteiger charge is 2.63. The van der Waals surface area contributed by atoms with Gasteiger partial charge in [-0.2, -0.15) is 0 Å². The number of rotatable bonds is 11. The lowest BCUT2D eigenvalue weighted by atomic mass is 9.43. The molecule has 4 aliphatic rings. The van der Waals surface area contributed by atoms with Crippen molar-refractivity contribution in [3.8, 4) is 0 Å². The van der Waals surface area contributed by atoms with Crippen molar-refractivity contribution in [1.82, 2.24) is 5.32 Å². The van der Waals surface area contributed by atoms with Crippen molar-refractivity contribution >= 4 is 12.1 Å². The molecular formula is C33H57NO7. The van der Waals surface area contributed by atoms with E-state index in [1.54, 1.807) is 0 Å². The van der Waals surface area contributed by atoms with Crippen molar-refractivity contribution < 1.29 is 34.3 Å². The molecule has 236 valence electrons. The molecule has 0 saturated heterocycles. The molecule has 4 rings (SSSR count). The smallest absolute Gasteiger partial charge is 0.407 e. The number of hydrogen-bond donors (Lipinski definition) is 3. The van der Waals surface area contributed by atoms with Crippen LogP contribution in [0.15, 0.2) is 0 Å². The number of amides is 1. The number of alkyl carbamates (subject to hydrolysis) is 1. The first-order valence-electron chi connectivity index (χ1n) is 16.4. The predicted octanol–water partition coefficient (Wildman–Crippen LogP) is 6.60. The number of nitrogens with one attached hydrogen (secondary N) is 1. The van der Waals surface area contributed by atoms with E-state index in [4.69, 9.17) is 14.7 Å². The zero-order valence-electron chi connectivity index (χ0n) is 26.5. The van der Waals surface area contributed by atoms with Crippen molar-refractivity contribution in [3.05, 3.63) is 0 Å². The van der Waals surface area contributed by atoms with Crippen LogP contribution in [0.4, 0.5) is 4.79 Å². The number of aliphatic hydroxyl groups is 1. The summed E-state index contributed by atoms with van der Waals surface area (Å²) in [6, 6.07) is 0. The van der Waals surface area contributed by atoms with Gasteiger partial charge in [0, 0.05) is 0 Å². The summed E-state index contributed by atoms with van der Waals surface area (Å²) in [4.78, 5) is 29.0. The molecule has 8 nitrogen and oxygen atoms in total. The molecule has 3 N–H and O–H groups in total. The molecule has 4 fully saturated rings. The third-order valence-corrected chi connectivity index (χ3v) is 12.7. The van der Waals surface area contributed by atoms with Crippen LogP contribution >= 0.6 is 0 Å². The van der Waals surface area contributed by atoms with Gasteiger partial charge in [-0.1, -0.05) is 27.7 Å². The van der Waals surface area contributed by atoms with Gasteiger partial charge in [0.1, 0.15) is 12.7 Å². The Hall–Kier alpha value is -1.38. The molecule has 0 aromatic heterocycles. The maximum atomic E-state index is 12.5. The second-order valence-corrected chi connectivity index (χ2v) is 15.0. The molecule has 1 amide bonds. The van der Waals surface area contributed by atoms with Gasteiger partial charge in [0.25, 0.3) is 0 Å². The second kappa shape index (κ2) is 13.1. The monoisotopic (exact) mass is 579 g/mol. The average Bonchev–Trinajstić information content (AvgIpc) is 3.30. The zero-order chi connectivity index (χ0) is 30.0. The Labute approximate surface area is 247 Å². The molecule has 8 heteroatoms. The highest BCUT2D eigenvalue weighted by molar-refractivity contribution is 5.75. The minimum Gasteiger partial charge on any atom is -0.463 e. The molecule has 0 radical (unpaired) electrons. The lowest BCUT2D eigenvalue weighted by Crippen LogP contribution is -2.59. The van der Waals surface area contributed by atoms with E-state index < -0.39 is 11.5 Å². The van der Waals surface area contributed by atoms with Crippen LogP contribution in [0.3, 0.4) is 0 Å². The molecule has 0 bridgehead atoms. The van der Waals surface area contributed by atoms with Crippen LogP contribution in [0.25, 0.3) is 0 Å². The van der Waals surface area contributed by atoms with E-state index in [1.165, 1.54) is 25.7 Å². The Bertz CT molecular complexity index is 910. The standard InChI is InChI=1S/C33H57NO7/c1-7-31(3,4)29(36)39-18-16-34-30(37)41-23-14-15-32(5)22(19-23)10-11-24-26-13-12-25(21(2)9-8-17-40-38)33(26,6)28(35)20-27(24)32/h21-28,35,38H,7-20H2,1-6H3,(H,34,37). The van der Waals surface area contributed by atoms with E-state index >= 15 is 0 Å². The molecule has 0 aliphatic heterocycles. The van der Waals surface area contributed by atoms with Gasteiger partial charge in [0.2, 0.25) is 0 Å². The minimum atomic E-state index is -0.518. The van der Waals surface area contributed by atoms with Gasteiger partial charge in [-0.25, -0.2) is 9.68 Å². The Balaban J connectivity index is 1.30. The molecule has 0 aromatic carbocycles. The third-order valence-electron chi connectivity index (χ3n) is 12.7. The fraction of sp³-hybridized carbons (Fsp3) is 0.939. The van der Waals surface area contributed by atoms with E-state index in [0.717, 1.165) is 38.5 Å². The SMILES string of the molecule is CCC(C)(C)C(=O)OCCNC(=O)OC1CCC2(C)C(CCC3C2CC(O)C2(C)C(C(C)CCCOO)CCC32)C1. The first-order chi connectivity index (χ1) is 19.4. The van der Waals surface area contributed by atoms with Crippen LogP contribution in [0.1, 0.15) is 112 Å². The van der Waals surface area contributed by atoms with Gasteiger partial charge in [-0.3, -0.25) is 10.1 Å². The van der Waals surface area contributed by atoms with E-state index in [-0.39, 0.29) is 42.2 Å². The number of hydrogen-bond acceptors (Lipinski definition) is 7. The number of ether oxygens (including phenoxy) is 2. The van der Waals surface area contributed by atoms with Crippen molar-refractivity contribution in [2.45, 2.75) is 124 Å². The molecule has 10 unspecified atom stereocenters. The van der Waals surface area contributed by atoms with Gasteiger partial charge in [0.15, 0.2) is 0 Å². The van der Waals surface area contributed by atoms with Crippen LogP contribution < -0.4 is 5.32 Å². The molecule has 0 aromatic rings. The molecule has 4 saturated carbocycles. The lowest BCUT2D eigenvalue weighted by molar-refractivity contribution is -0.243. The molecule has 41 heavy (non-hydrogen) atoms. The fourth-order valence-electron chi connectivity index (χ4n) is 9.75. The number of esters is 1. The number of fused-ring (bicyclic) bond motifs is 5. The van der Waals surface area contributed by atoms with Crippen LogP contribution in [0.2, 0.25) is 0 Å². The fourth-order valence-corrected chi connectivity index (χ4v) is 9.75. The predicted molar refractivity (Wildman–Crippen MR) is 157 cm³/mol. The van der Waals surface area contributed by atoms with Crippen LogP contribution in [-0.2, 0) is 19.2 Å². The number of carbonyl (C=O) groups excluding carboxylic acids is 2. The van der Waals surface area contributed by atoms with Crippen molar-refractivity contribution in [1.29, 1.82) is 0 Å². The van der Waals surface area contributed by atoms with E-state index in [1.807, 2.05) is 20.8 Å². The summed E-state index contributed by atoms with van der Waals surface area (Å²) < 4.78 is 11.2. The summed E-state index contributed by atoms with van der Waals surface area (Å²) in [5.41, 5.74) is -0.386. The van der Waals surface area contributed by atoms with E-state index in [9.17, 15) is 14.7 Å². The molecule has 0 heterocycles. The Morgan fingerprint density at radius 3 is 2.51 bits per heavy atom. The average molecular weight is 580 g/mol. The minimum absolute atomic E-state index is 0.0388. The third kappa shape index (κ3) is 6.45. The normalized spacial score (nSPS) is 39.2. The summed E-state index contributed by atoms with van der Waals surface area (Å²) >= 11 is 0. The Morgan fingerprint density at radius 2 is 1.80 bits per heavy atom. The molecular weight excluding hydrogens is 522 g/mol. The quantitative estimate of drug-likeness (QED) is 0.109. The van der Waals surface area contributed by atoms with Crippen molar-refractivity contribution in [3.63, 3.8) is 0 Å². The summed E-state index contributed by atoms with van der Waals surface area (Å²) in [7, 11) is 0. The van der Waals surface area contributed by atoms with Crippen LogP contribution in [0, 0.1) is 51.8 Å². The second-order valence-electron chi connectivity index (χ2n) is 15.0. The first-order valence-corrected chi connectivity index (χ1v) is 16.4. The molecule has 4 aliphatic carbocycles. The van der Waals surface area contributed by atoms with Crippen LogP contribution in [-0.4, -0.2) is 54.4 Å². The molecule has 10 atom stereocenters. The summed E-state index contributed by atoms with van der Waals surface area (Å²) in [6.45, 7) is 13.6. The summed E-state index contributed by atoms with van der Waals surface area (Å²) in [5, 5.41) is 23.3. The van der Waals surface area contributed by atoms with Gasteiger partial charge in [0.05, 0.1) is 24.7 Å². The number of carbonyl (C=O) groups is 2. The van der Waals surface area contributed by atoms with Gasteiger partial charge < -0.3 is 19.9 Å². The summed E-state index contributed by atoms with van der Waals surface area (Å²) in [5.74, 6) is 3.00. The van der Waals surface area contributed by atoms with Crippen molar-refractivity contribution in [2.75, 3.05) is 19.8 Å². The largest absolute Gasteiger partial charge is 0.463 e. The topological polar surface area (TPSA) is 114 Å². The Morgan fingerprint density at radius 1 is 1.05 bits per heavy atom. The van der Waals surface area contributed by atoms with E-state index in [2.05, 4.69) is 31.0 Å². The maximum Gasteiger partial charge on any atom is 0.407 e. The first kappa shape index (κ1) is 32.5. The highest BCUT2D eigenvalue weighted by atomic mass is 17.1. The highest BCUT2D eigenvalue weighted by Crippen LogP contribution is 2.68. The van der Waals surface area contributed by atoms with Gasteiger partial charge >= 0.3 is 12.1 Å². The molecule has 0 spiro atoms. The van der Waals surface area contributed by atoms with Crippen molar-refractivity contribution in [2.24, 2.45) is 51.8 Å².